The summed E-state index contributed by atoms with van der Waals surface area (Å²) in [4.78, 5) is 10.9. The van der Waals surface area contributed by atoms with E-state index in [1.54, 1.807) is 0 Å². The molecule has 2 aliphatic heterocycles. The van der Waals surface area contributed by atoms with E-state index in [0.29, 0.717) is 6.42 Å². The summed E-state index contributed by atoms with van der Waals surface area (Å²) in [5.41, 5.74) is 0. The van der Waals surface area contributed by atoms with Crippen molar-refractivity contribution >= 4 is 5.97 Å². The molecule has 0 spiro atoms. The third-order valence-corrected chi connectivity index (χ3v) is 2.57. The molecule has 0 saturated carbocycles. The number of rotatable bonds is 1. The number of hydrogen-bond acceptors (Lipinski definition) is 4. The van der Waals surface area contributed by atoms with E-state index in [9.17, 15) is 9.90 Å². The Bertz CT molecular complexity index is 203. The summed E-state index contributed by atoms with van der Waals surface area (Å²) < 4.78 is 10.1. The smallest absolute Gasteiger partial charge is 0.306 e. The number of esters is 1. The number of ether oxygens (including phenoxy) is 2. The highest BCUT2D eigenvalue weighted by atomic mass is 16.7. The highest BCUT2D eigenvalue weighted by Gasteiger charge is 2.50. The monoisotopic (exact) mass is 172 g/mol. The average Bonchev–Trinajstić information content (AvgIpc) is 2.52. The number of aliphatic hydroxyl groups excluding tert-OH is 1. The average molecular weight is 172 g/mol. The summed E-state index contributed by atoms with van der Waals surface area (Å²) in [6.07, 6.45) is -0.139. The van der Waals surface area contributed by atoms with Gasteiger partial charge < -0.3 is 14.6 Å². The molecule has 0 amide bonds. The summed E-state index contributed by atoms with van der Waals surface area (Å²) in [6, 6.07) is 0. The zero-order valence-corrected chi connectivity index (χ0v) is 6.90. The molecule has 0 aliphatic carbocycles. The van der Waals surface area contributed by atoms with Gasteiger partial charge in [-0.05, 0) is 6.42 Å². The van der Waals surface area contributed by atoms with Gasteiger partial charge >= 0.3 is 5.97 Å². The molecule has 0 aromatic rings. The standard InChI is InChI=1S/C8H12O4/c1-2-5-4-3-6(9)12-7(4)8(10)11-5/h4-5,7-8,10H,2-3H2,1H3/t4-,5-,7?,8?/m1/s1. The van der Waals surface area contributed by atoms with Crippen LogP contribution in [0.5, 0.6) is 0 Å². The fourth-order valence-electron chi connectivity index (χ4n) is 1.96. The van der Waals surface area contributed by atoms with Crippen LogP contribution in [0.2, 0.25) is 0 Å². The SMILES string of the molecule is CC[C@H]1OC(O)C2OC(=O)C[C@@H]21. The second-order valence-corrected chi connectivity index (χ2v) is 3.30. The molecule has 2 rings (SSSR count). The minimum Gasteiger partial charge on any atom is -0.457 e. The molecule has 2 fully saturated rings. The van der Waals surface area contributed by atoms with Crippen LogP contribution >= 0.6 is 0 Å². The zero-order chi connectivity index (χ0) is 8.72. The first-order chi connectivity index (χ1) is 5.72. The first-order valence-electron chi connectivity index (χ1n) is 4.25. The quantitative estimate of drug-likeness (QED) is 0.567. The molecule has 2 saturated heterocycles. The molecule has 0 aromatic heterocycles. The molecule has 0 aromatic carbocycles. The van der Waals surface area contributed by atoms with Crippen molar-refractivity contribution in [3.63, 3.8) is 0 Å². The number of aliphatic hydroxyl groups is 1. The minimum atomic E-state index is -0.911. The Balaban J connectivity index is 2.13. The van der Waals surface area contributed by atoms with Gasteiger partial charge in [-0.25, -0.2) is 0 Å². The fraction of sp³-hybridized carbons (Fsp3) is 0.875. The molecule has 4 nitrogen and oxygen atoms in total. The van der Waals surface area contributed by atoms with E-state index in [2.05, 4.69) is 0 Å². The predicted octanol–water partition coefficient (Wildman–Crippen LogP) is 0.0453. The highest BCUT2D eigenvalue weighted by molar-refractivity contribution is 5.72. The van der Waals surface area contributed by atoms with Crippen molar-refractivity contribution in [2.75, 3.05) is 0 Å². The normalized spacial score (nSPS) is 46.0. The number of hydrogen-bond donors (Lipinski definition) is 1. The Morgan fingerprint density at radius 3 is 3.08 bits per heavy atom. The van der Waals surface area contributed by atoms with E-state index < -0.39 is 12.4 Å². The van der Waals surface area contributed by atoms with Crippen LogP contribution in [0, 0.1) is 5.92 Å². The van der Waals surface area contributed by atoms with E-state index in [1.807, 2.05) is 6.92 Å². The molecular weight excluding hydrogens is 160 g/mol. The molecule has 2 unspecified atom stereocenters. The van der Waals surface area contributed by atoms with E-state index in [0.717, 1.165) is 6.42 Å². The van der Waals surface area contributed by atoms with Crippen LogP contribution in [0.1, 0.15) is 19.8 Å². The summed E-state index contributed by atoms with van der Waals surface area (Å²) in [5.74, 6) is -0.150. The van der Waals surface area contributed by atoms with Gasteiger partial charge in [0.15, 0.2) is 12.4 Å². The van der Waals surface area contributed by atoms with Gasteiger partial charge in [-0.2, -0.15) is 0 Å². The van der Waals surface area contributed by atoms with Gasteiger partial charge in [0, 0.05) is 5.92 Å². The van der Waals surface area contributed by atoms with E-state index in [-0.39, 0.29) is 18.0 Å². The van der Waals surface area contributed by atoms with Crippen LogP contribution in [0.3, 0.4) is 0 Å². The van der Waals surface area contributed by atoms with Crippen LogP contribution in [0.4, 0.5) is 0 Å². The summed E-state index contributed by atoms with van der Waals surface area (Å²) in [7, 11) is 0. The predicted molar refractivity (Wildman–Crippen MR) is 39.2 cm³/mol. The van der Waals surface area contributed by atoms with E-state index in [4.69, 9.17) is 9.47 Å². The van der Waals surface area contributed by atoms with Gasteiger partial charge in [0.2, 0.25) is 0 Å². The fourth-order valence-corrected chi connectivity index (χ4v) is 1.96. The molecule has 1 N–H and O–H groups in total. The van der Waals surface area contributed by atoms with Crippen LogP contribution in [-0.4, -0.2) is 29.6 Å². The topological polar surface area (TPSA) is 55.8 Å². The van der Waals surface area contributed by atoms with E-state index >= 15 is 0 Å². The summed E-state index contributed by atoms with van der Waals surface area (Å²) in [5, 5.41) is 9.32. The second kappa shape index (κ2) is 2.71. The molecule has 2 aliphatic rings. The Kier molecular flexibility index (Phi) is 1.81. The Morgan fingerprint density at radius 1 is 1.67 bits per heavy atom. The lowest BCUT2D eigenvalue weighted by molar-refractivity contribution is -0.165. The lowest BCUT2D eigenvalue weighted by atomic mass is 9.96. The van der Waals surface area contributed by atoms with Crippen molar-refractivity contribution in [1.29, 1.82) is 0 Å². The van der Waals surface area contributed by atoms with Gasteiger partial charge in [-0.15, -0.1) is 0 Å². The van der Waals surface area contributed by atoms with Gasteiger partial charge in [0.1, 0.15) is 0 Å². The van der Waals surface area contributed by atoms with Crippen molar-refractivity contribution in [3.8, 4) is 0 Å². The number of fused-ring (bicyclic) bond motifs is 1. The number of carbonyl (C=O) groups is 1. The lowest BCUT2D eigenvalue weighted by Crippen LogP contribution is -2.24. The first-order valence-corrected chi connectivity index (χ1v) is 4.25. The molecule has 4 atom stereocenters. The van der Waals surface area contributed by atoms with Crippen molar-refractivity contribution < 1.29 is 19.4 Å². The molecule has 0 bridgehead atoms. The molecule has 0 radical (unpaired) electrons. The second-order valence-electron chi connectivity index (χ2n) is 3.30. The van der Waals surface area contributed by atoms with Crippen molar-refractivity contribution in [2.24, 2.45) is 5.92 Å². The third-order valence-electron chi connectivity index (χ3n) is 2.57. The Hall–Kier alpha value is -0.610. The molecule has 68 valence electrons. The Morgan fingerprint density at radius 2 is 2.42 bits per heavy atom. The van der Waals surface area contributed by atoms with Gasteiger partial charge in [-0.1, -0.05) is 6.92 Å². The minimum absolute atomic E-state index is 0.0172. The molecule has 2 heterocycles. The maximum atomic E-state index is 10.9. The zero-order valence-electron chi connectivity index (χ0n) is 6.90. The highest BCUT2D eigenvalue weighted by Crippen LogP contribution is 2.37. The van der Waals surface area contributed by atoms with Crippen molar-refractivity contribution in [1.82, 2.24) is 0 Å². The first kappa shape index (κ1) is 8.01. The summed E-state index contributed by atoms with van der Waals surface area (Å²) in [6.45, 7) is 1.97. The number of carbonyl (C=O) groups excluding carboxylic acids is 1. The van der Waals surface area contributed by atoms with Gasteiger partial charge in [-0.3, -0.25) is 4.79 Å². The molecule has 12 heavy (non-hydrogen) atoms. The van der Waals surface area contributed by atoms with Crippen LogP contribution in [-0.2, 0) is 14.3 Å². The maximum absolute atomic E-state index is 10.9. The van der Waals surface area contributed by atoms with Crippen molar-refractivity contribution in [2.45, 2.75) is 38.3 Å². The van der Waals surface area contributed by atoms with Crippen LogP contribution < -0.4 is 0 Å². The van der Waals surface area contributed by atoms with E-state index in [1.165, 1.54) is 0 Å². The van der Waals surface area contributed by atoms with Crippen molar-refractivity contribution in [3.05, 3.63) is 0 Å². The summed E-state index contributed by atoms with van der Waals surface area (Å²) >= 11 is 0. The van der Waals surface area contributed by atoms with Crippen LogP contribution in [0.25, 0.3) is 0 Å². The van der Waals surface area contributed by atoms with Crippen LogP contribution in [0.15, 0.2) is 0 Å². The molecule has 4 heteroatoms. The third kappa shape index (κ3) is 1.03. The lowest BCUT2D eigenvalue weighted by Gasteiger charge is -2.10. The maximum Gasteiger partial charge on any atom is 0.306 e. The molecular formula is C8H12O4. The van der Waals surface area contributed by atoms with Gasteiger partial charge in [0.25, 0.3) is 0 Å². The largest absolute Gasteiger partial charge is 0.457 e. The Labute approximate surface area is 70.5 Å². The van der Waals surface area contributed by atoms with Gasteiger partial charge in [0.05, 0.1) is 12.5 Å².